The summed E-state index contributed by atoms with van der Waals surface area (Å²) in [4.78, 5) is 21.6. The number of carboxylic acids is 1. The molecule has 1 aromatic rings. The molecule has 0 unspecified atom stereocenters. The molecule has 13 heavy (non-hydrogen) atoms. The third-order valence-electron chi connectivity index (χ3n) is 1.26. The highest BCUT2D eigenvalue weighted by Gasteiger charge is 2.19. The average Bonchev–Trinajstić information content (AvgIpc) is 2.52. The minimum absolute atomic E-state index is 0.0133. The molecule has 0 spiro atoms. The first-order chi connectivity index (χ1) is 6.16. The van der Waals surface area contributed by atoms with Gasteiger partial charge in [-0.2, -0.15) is 4.37 Å². The SMILES string of the molecule is CCOC(=O)c1cnsc1C(=O)O. The van der Waals surface area contributed by atoms with E-state index in [4.69, 9.17) is 5.11 Å². The van der Waals surface area contributed by atoms with Crippen LogP contribution < -0.4 is 0 Å². The van der Waals surface area contributed by atoms with Gasteiger partial charge in [0.25, 0.3) is 0 Å². The van der Waals surface area contributed by atoms with Gasteiger partial charge in [-0.3, -0.25) is 0 Å². The van der Waals surface area contributed by atoms with Crippen molar-refractivity contribution in [3.63, 3.8) is 0 Å². The number of carbonyl (C=O) groups excluding carboxylic acids is 1. The van der Waals surface area contributed by atoms with Gasteiger partial charge in [-0.1, -0.05) is 0 Å². The quantitative estimate of drug-likeness (QED) is 0.739. The molecule has 0 aliphatic rings. The summed E-state index contributed by atoms with van der Waals surface area (Å²) in [6.45, 7) is 1.87. The first-order valence-electron chi connectivity index (χ1n) is 3.52. The van der Waals surface area contributed by atoms with Crippen molar-refractivity contribution in [2.24, 2.45) is 0 Å². The normalized spacial score (nSPS) is 9.62. The van der Waals surface area contributed by atoms with E-state index in [1.165, 1.54) is 6.20 Å². The number of aromatic carboxylic acids is 1. The number of carbonyl (C=O) groups is 2. The van der Waals surface area contributed by atoms with Crippen LogP contribution in [0.4, 0.5) is 0 Å². The van der Waals surface area contributed by atoms with Crippen molar-refractivity contribution < 1.29 is 19.4 Å². The number of hydrogen-bond donors (Lipinski definition) is 1. The smallest absolute Gasteiger partial charge is 0.348 e. The highest BCUT2D eigenvalue weighted by atomic mass is 32.1. The van der Waals surface area contributed by atoms with Crippen LogP contribution in [-0.2, 0) is 4.74 Å². The van der Waals surface area contributed by atoms with Gasteiger partial charge < -0.3 is 9.84 Å². The van der Waals surface area contributed by atoms with Gasteiger partial charge >= 0.3 is 11.9 Å². The molecule has 0 amide bonds. The standard InChI is InChI=1S/C7H7NO4S/c1-2-12-7(11)4-3-8-13-5(4)6(9)10/h3H,2H2,1H3,(H,9,10). The van der Waals surface area contributed by atoms with Crippen molar-refractivity contribution in [2.45, 2.75) is 6.92 Å². The predicted molar refractivity (Wildman–Crippen MR) is 45.0 cm³/mol. The summed E-state index contributed by atoms with van der Waals surface area (Å²) < 4.78 is 8.25. The van der Waals surface area contributed by atoms with Crippen molar-refractivity contribution in [1.82, 2.24) is 4.37 Å². The second-order valence-electron chi connectivity index (χ2n) is 2.09. The molecule has 6 heteroatoms. The Morgan fingerprint density at radius 3 is 2.92 bits per heavy atom. The Hall–Kier alpha value is -1.43. The zero-order valence-electron chi connectivity index (χ0n) is 6.81. The molecule has 0 radical (unpaired) electrons. The maximum atomic E-state index is 11.1. The lowest BCUT2D eigenvalue weighted by Crippen LogP contribution is -2.08. The number of aromatic nitrogens is 1. The van der Waals surface area contributed by atoms with E-state index in [1.54, 1.807) is 6.92 Å². The molecule has 0 fully saturated rings. The highest BCUT2D eigenvalue weighted by molar-refractivity contribution is 7.08. The zero-order valence-corrected chi connectivity index (χ0v) is 7.63. The van der Waals surface area contributed by atoms with Gasteiger partial charge in [-0.05, 0) is 18.5 Å². The van der Waals surface area contributed by atoms with Crippen molar-refractivity contribution in [2.75, 3.05) is 6.61 Å². The molecule has 0 aliphatic carbocycles. The Morgan fingerprint density at radius 1 is 1.69 bits per heavy atom. The molecule has 1 rings (SSSR count). The fourth-order valence-electron chi connectivity index (χ4n) is 0.748. The average molecular weight is 201 g/mol. The number of nitrogens with zero attached hydrogens (tertiary/aromatic N) is 1. The largest absolute Gasteiger partial charge is 0.477 e. The third kappa shape index (κ3) is 2.03. The molecule has 0 saturated carbocycles. The van der Waals surface area contributed by atoms with E-state index < -0.39 is 11.9 Å². The highest BCUT2D eigenvalue weighted by Crippen LogP contribution is 2.14. The van der Waals surface area contributed by atoms with E-state index >= 15 is 0 Å². The van der Waals surface area contributed by atoms with Gasteiger partial charge in [0.2, 0.25) is 0 Å². The predicted octanol–water partition coefficient (Wildman–Crippen LogP) is 1.02. The Balaban J connectivity index is 2.93. The van der Waals surface area contributed by atoms with Crippen LogP contribution in [0.15, 0.2) is 6.20 Å². The van der Waals surface area contributed by atoms with E-state index in [-0.39, 0.29) is 17.0 Å². The molecule has 70 valence electrons. The lowest BCUT2D eigenvalue weighted by Gasteiger charge is -1.98. The molecule has 0 bridgehead atoms. The summed E-state index contributed by atoms with van der Waals surface area (Å²) in [6, 6.07) is 0. The van der Waals surface area contributed by atoms with Crippen molar-refractivity contribution >= 4 is 23.5 Å². The molecule has 0 aliphatic heterocycles. The lowest BCUT2D eigenvalue weighted by atomic mass is 10.3. The number of rotatable bonds is 3. The fourth-order valence-corrected chi connectivity index (χ4v) is 1.32. The van der Waals surface area contributed by atoms with Gasteiger partial charge in [-0.15, -0.1) is 0 Å². The summed E-state index contributed by atoms with van der Waals surface area (Å²) in [7, 11) is 0. The molecule has 1 heterocycles. The Labute approximate surface area is 78.1 Å². The lowest BCUT2D eigenvalue weighted by molar-refractivity contribution is 0.0516. The van der Waals surface area contributed by atoms with Crippen molar-refractivity contribution in [3.05, 3.63) is 16.6 Å². The first-order valence-corrected chi connectivity index (χ1v) is 4.29. The van der Waals surface area contributed by atoms with Crippen molar-refractivity contribution in [3.8, 4) is 0 Å². The van der Waals surface area contributed by atoms with E-state index in [1.807, 2.05) is 0 Å². The van der Waals surface area contributed by atoms with Gasteiger partial charge in [0, 0.05) is 0 Å². The summed E-state index contributed by atoms with van der Waals surface area (Å²) in [5.74, 6) is -1.81. The Morgan fingerprint density at radius 2 is 2.38 bits per heavy atom. The molecular weight excluding hydrogens is 194 g/mol. The number of carboxylic acid groups (broad SMARTS) is 1. The van der Waals surface area contributed by atoms with Crippen LogP contribution in [0.25, 0.3) is 0 Å². The van der Waals surface area contributed by atoms with E-state index in [0.717, 1.165) is 11.5 Å². The van der Waals surface area contributed by atoms with Gasteiger partial charge in [-0.25, -0.2) is 9.59 Å². The third-order valence-corrected chi connectivity index (χ3v) is 2.05. The maximum absolute atomic E-state index is 11.1. The molecule has 0 atom stereocenters. The molecular formula is C7H7NO4S. The molecule has 1 aromatic heterocycles. The molecule has 0 saturated heterocycles. The topological polar surface area (TPSA) is 76.5 Å². The minimum atomic E-state index is -1.16. The fraction of sp³-hybridized carbons (Fsp3) is 0.286. The van der Waals surface area contributed by atoms with E-state index in [2.05, 4.69) is 9.11 Å². The van der Waals surface area contributed by atoms with E-state index in [9.17, 15) is 9.59 Å². The van der Waals surface area contributed by atoms with Crippen LogP contribution in [0.1, 0.15) is 27.0 Å². The van der Waals surface area contributed by atoms with Crippen LogP contribution in [0, 0.1) is 0 Å². The van der Waals surface area contributed by atoms with E-state index in [0.29, 0.717) is 0 Å². The van der Waals surface area contributed by atoms with Gasteiger partial charge in [0.15, 0.2) is 0 Å². The number of esters is 1. The van der Waals surface area contributed by atoms with Crippen LogP contribution in [0.2, 0.25) is 0 Å². The number of hydrogen-bond acceptors (Lipinski definition) is 5. The monoisotopic (exact) mass is 201 g/mol. The van der Waals surface area contributed by atoms with Gasteiger partial charge in [0.1, 0.15) is 10.4 Å². The number of ether oxygens (including phenoxy) is 1. The summed E-state index contributed by atoms with van der Waals surface area (Å²) in [5.41, 5.74) is 0.0133. The second-order valence-corrected chi connectivity index (χ2v) is 2.90. The summed E-state index contributed by atoms with van der Waals surface area (Å²) in [6.07, 6.45) is 1.20. The first kappa shape index (κ1) is 9.66. The van der Waals surface area contributed by atoms with Crippen molar-refractivity contribution in [1.29, 1.82) is 0 Å². The summed E-state index contributed by atoms with van der Waals surface area (Å²) >= 11 is 0.761. The van der Waals surface area contributed by atoms with Crippen LogP contribution >= 0.6 is 11.5 Å². The maximum Gasteiger partial charge on any atom is 0.348 e. The van der Waals surface area contributed by atoms with Crippen LogP contribution in [0.3, 0.4) is 0 Å². The molecule has 0 aromatic carbocycles. The zero-order chi connectivity index (χ0) is 9.84. The van der Waals surface area contributed by atoms with Crippen LogP contribution in [0.5, 0.6) is 0 Å². The Bertz CT molecular complexity index is 333. The Kier molecular flexibility index (Phi) is 2.97. The van der Waals surface area contributed by atoms with Crippen LogP contribution in [-0.4, -0.2) is 28.0 Å². The minimum Gasteiger partial charge on any atom is -0.477 e. The van der Waals surface area contributed by atoms with Gasteiger partial charge in [0.05, 0.1) is 12.8 Å². The summed E-state index contributed by atoms with van der Waals surface area (Å²) in [5, 5.41) is 8.63. The second kappa shape index (κ2) is 3.99. The molecule has 5 nitrogen and oxygen atoms in total. The molecule has 1 N–H and O–H groups in total.